The number of benzene rings is 1. The first-order valence-corrected chi connectivity index (χ1v) is 4.89. The normalized spacial score (nSPS) is 11.8. The topological polar surface area (TPSA) is 0 Å². The van der Waals surface area contributed by atoms with Gasteiger partial charge in [0.1, 0.15) is 0 Å². The van der Waals surface area contributed by atoms with Gasteiger partial charge in [0.15, 0.2) is 0 Å². The molecule has 1 atom stereocenters. The fourth-order valence-corrected chi connectivity index (χ4v) is 1.46. The third-order valence-corrected chi connectivity index (χ3v) is 2.36. The fraction of sp³-hybridized carbons (Fsp3) is 0.500. The van der Waals surface area contributed by atoms with Gasteiger partial charge in [-0.3, -0.25) is 0 Å². The highest BCUT2D eigenvalue weighted by molar-refractivity contribution is 14.0. The summed E-state index contributed by atoms with van der Waals surface area (Å²) < 4.78 is 0. The first-order chi connectivity index (χ1) is 5.84. The molecule has 0 saturated carbocycles. The number of rotatable bonds is 4. The van der Waals surface area contributed by atoms with E-state index in [0.29, 0.717) is 0 Å². The maximum Gasteiger partial charge on any atom is -0.0190 e. The molecule has 0 nitrogen and oxygen atoms in total. The van der Waals surface area contributed by atoms with E-state index in [1.54, 1.807) is 0 Å². The maximum atomic E-state index is 2.31. The second-order valence-corrected chi connectivity index (χ2v) is 3.45. The van der Waals surface area contributed by atoms with Gasteiger partial charge in [0.05, 0.1) is 0 Å². The van der Waals surface area contributed by atoms with E-state index in [-0.39, 0.29) is 24.0 Å². The molecule has 0 heterocycles. The molecule has 0 spiro atoms. The monoisotopic (exact) mass is 290 g/mol. The van der Waals surface area contributed by atoms with Gasteiger partial charge in [0.25, 0.3) is 0 Å². The third-order valence-electron chi connectivity index (χ3n) is 2.36. The first-order valence-electron chi connectivity index (χ1n) is 4.89. The lowest BCUT2D eigenvalue weighted by atomic mass is 9.96. The van der Waals surface area contributed by atoms with Gasteiger partial charge in [-0.2, -0.15) is 0 Å². The molecule has 0 aliphatic carbocycles. The average molecular weight is 290 g/mol. The molecule has 0 fully saturated rings. The maximum absolute atomic E-state index is 2.31. The van der Waals surface area contributed by atoms with Crippen LogP contribution in [0, 0.1) is 0 Å². The second-order valence-electron chi connectivity index (χ2n) is 3.45. The van der Waals surface area contributed by atoms with E-state index in [4.69, 9.17) is 0 Å². The highest BCUT2D eigenvalue weighted by atomic mass is 127. The summed E-state index contributed by atoms with van der Waals surface area (Å²) in [5.41, 5.74) is 1.48. The van der Waals surface area contributed by atoms with Gasteiger partial charge in [-0.15, -0.1) is 24.0 Å². The zero-order valence-corrected chi connectivity index (χ0v) is 10.8. The van der Waals surface area contributed by atoms with Crippen molar-refractivity contribution in [3.8, 4) is 0 Å². The number of unbranched alkanes of at least 4 members (excludes halogenated alkanes) is 1. The summed E-state index contributed by atoms with van der Waals surface area (Å²) in [6, 6.07) is 10.8. The lowest BCUT2D eigenvalue weighted by molar-refractivity contribution is 0.624. The van der Waals surface area contributed by atoms with Gasteiger partial charge in [-0.1, -0.05) is 57.0 Å². The Labute approximate surface area is 98.8 Å². The highest BCUT2D eigenvalue weighted by Gasteiger charge is 2.02. The molecule has 0 aliphatic rings. The van der Waals surface area contributed by atoms with Crippen LogP contribution in [0.25, 0.3) is 0 Å². The van der Waals surface area contributed by atoms with Crippen LogP contribution < -0.4 is 0 Å². The molecule has 1 heteroatoms. The first kappa shape index (κ1) is 12.9. The van der Waals surface area contributed by atoms with Crippen molar-refractivity contribution in [2.24, 2.45) is 0 Å². The smallest absolute Gasteiger partial charge is 0.0190 e. The van der Waals surface area contributed by atoms with E-state index in [2.05, 4.69) is 44.2 Å². The van der Waals surface area contributed by atoms with E-state index in [1.807, 2.05) is 0 Å². The van der Waals surface area contributed by atoms with Crippen molar-refractivity contribution in [3.63, 3.8) is 0 Å². The largest absolute Gasteiger partial charge is 0.107 e. The van der Waals surface area contributed by atoms with Crippen LogP contribution >= 0.6 is 24.0 Å². The van der Waals surface area contributed by atoms with Crippen molar-refractivity contribution in [2.45, 2.75) is 39.0 Å². The van der Waals surface area contributed by atoms with E-state index in [0.717, 1.165) is 5.92 Å². The molecule has 74 valence electrons. The van der Waals surface area contributed by atoms with Crippen LogP contribution in [0.3, 0.4) is 0 Å². The Morgan fingerprint density at radius 3 is 2.31 bits per heavy atom. The van der Waals surface area contributed by atoms with Gasteiger partial charge in [0, 0.05) is 0 Å². The molecule has 0 aromatic heterocycles. The predicted octanol–water partition coefficient (Wildman–Crippen LogP) is 4.60. The Hall–Kier alpha value is -0.0500. The number of hydrogen-bond acceptors (Lipinski definition) is 0. The van der Waals surface area contributed by atoms with Crippen molar-refractivity contribution in [1.29, 1.82) is 0 Å². The van der Waals surface area contributed by atoms with E-state index < -0.39 is 0 Å². The van der Waals surface area contributed by atoms with Gasteiger partial charge in [-0.05, 0) is 17.9 Å². The van der Waals surface area contributed by atoms with Crippen molar-refractivity contribution < 1.29 is 0 Å². The van der Waals surface area contributed by atoms with Gasteiger partial charge >= 0.3 is 0 Å². The van der Waals surface area contributed by atoms with Crippen LogP contribution in [0.1, 0.15) is 44.6 Å². The minimum atomic E-state index is 0. The zero-order valence-electron chi connectivity index (χ0n) is 8.49. The van der Waals surface area contributed by atoms with Crippen LogP contribution in [0.2, 0.25) is 0 Å². The van der Waals surface area contributed by atoms with E-state index >= 15 is 0 Å². The summed E-state index contributed by atoms with van der Waals surface area (Å²) in [6.45, 7) is 4.56. The molecule has 1 aromatic rings. The summed E-state index contributed by atoms with van der Waals surface area (Å²) in [7, 11) is 0. The fourth-order valence-electron chi connectivity index (χ4n) is 1.46. The van der Waals surface area contributed by atoms with Gasteiger partial charge in [0.2, 0.25) is 0 Å². The van der Waals surface area contributed by atoms with Crippen LogP contribution in [-0.4, -0.2) is 0 Å². The molecule has 0 saturated heterocycles. The van der Waals surface area contributed by atoms with Gasteiger partial charge in [-0.25, -0.2) is 0 Å². The van der Waals surface area contributed by atoms with Crippen LogP contribution in [0.15, 0.2) is 30.3 Å². The molecule has 1 rings (SSSR count). The Morgan fingerprint density at radius 2 is 1.77 bits per heavy atom. The summed E-state index contributed by atoms with van der Waals surface area (Å²) in [5, 5.41) is 0. The lowest BCUT2D eigenvalue weighted by Crippen LogP contribution is -1.92. The van der Waals surface area contributed by atoms with Gasteiger partial charge < -0.3 is 0 Å². The number of hydrogen-bond donors (Lipinski definition) is 0. The SMILES string of the molecule is CCCCC(C)c1ccccc1.I. The number of halogens is 1. The van der Waals surface area contributed by atoms with E-state index in [1.165, 1.54) is 24.8 Å². The second kappa shape index (κ2) is 7.36. The molecule has 0 N–H and O–H groups in total. The third kappa shape index (κ3) is 4.65. The summed E-state index contributed by atoms with van der Waals surface area (Å²) in [6.07, 6.45) is 3.97. The average Bonchev–Trinajstić information content (AvgIpc) is 2.15. The van der Waals surface area contributed by atoms with E-state index in [9.17, 15) is 0 Å². The molecule has 13 heavy (non-hydrogen) atoms. The minimum absolute atomic E-state index is 0. The molecular formula is C12H19I. The predicted molar refractivity (Wildman–Crippen MR) is 69.8 cm³/mol. The zero-order chi connectivity index (χ0) is 8.81. The summed E-state index contributed by atoms with van der Waals surface area (Å²) in [5.74, 6) is 0.728. The lowest BCUT2D eigenvalue weighted by Gasteiger charge is -2.10. The Morgan fingerprint density at radius 1 is 1.15 bits per heavy atom. The molecular weight excluding hydrogens is 271 g/mol. The standard InChI is InChI=1S/C12H18.HI/c1-3-4-8-11(2)12-9-6-5-7-10-12;/h5-7,9-11H,3-4,8H2,1-2H3;1H. The van der Waals surface area contributed by atoms with Crippen molar-refractivity contribution in [2.75, 3.05) is 0 Å². The van der Waals surface area contributed by atoms with Crippen LogP contribution in [0.5, 0.6) is 0 Å². The van der Waals surface area contributed by atoms with Crippen molar-refractivity contribution in [3.05, 3.63) is 35.9 Å². The molecule has 1 unspecified atom stereocenters. The van der Waals surface area contributed by atoms with Crippen LogP contribution in [0.4, 0.5) is 0 Å². The Balaban J connectivity index is 0.00000144. The molecule has 1 aromatic carbocycles. The summed E-state index contributed by atoms with van der Waals surface area (Å²) in [4.78, 5) is 0. The summed E-state index contributed by atoms with van der Waals surface area (Å²) >= 11 is 0. The molecule has 0 bridgehead atoms. The Kier molecular flexibility index (Phi) is 7.33. The molecule has 0 aliphatic heterocycles. The molecule has 0 radical (unpaired) electrons. The van der Waals surface area contributed by atoms with Crippen LogP contribution in [-0.2, 0) is 0 Å². The molecule has 0 amide bonds. The minimum Gasteiger partial charge on any atom is -0.107 e. The highest BCUT2D eigenvalue weighted by Crippen LogP contribution is 2.20. The van der Waals surface area contributed by atoms with Crippen molar-refractivity contribution >= 4 is 24.0 Å². The van der Waals surface area contributed by atoms with Crippen molar-refractivity contribution in [1.82, 2.24) is 0 Å². The Bertz CT molecular complexity index is 206. The quantitative estimate of drug-likeness (QED) is 0.711.